The second-order valence-corrected chi connectivity index (χ2v) is 5.85. The normalized spacial score (nSPS) is 17.8. The van der Waals surface area contributed by atoms with Gasteiger partial charge in [0.05, 0.1) is 10.9 Å². The fourth-order valence-corrected chi connectivity index (χ4v) is 2.71. The second kappa shape index (κ2) is 6.78. The first kappa shape index (κ1) is 15.5. The molecule has 23 heavy (non-hydrogen) atoms. The highest BCUT2D eigenvalue weighted by molar-refractivity contribution is 6.30. The van der Waals surface area contributed by atoms with Crippen molar-refractivity contribution >= 4 is 29.2 Å². The quantitative estimate of drug-likeness (QED) is 0.898. The summed E-state index contributed by atoms with van der Waals surface area (Å²) in [6.45, 7) is 1.03. The molecule has 7 nitrogen and oxygen atoms in total. The first-order valence-corrected chi connectivity index (χ1v) is 7.72. The van der Waals surface area contributed by atoms with Crippen molar-refractivity contribution in [3.05, 3.63) is 41.3 Å². The number of piperidine rings is 1. The van der Waals surface area contributed by atoms with Gasteiger partial charge in [0, 0.05) is 25.5 Å². The van der Waals surface area contributed by atoms with Crippen molar-refractivity contribution in [3.8, 4) is 0 Å². The molecule has 0 unspecified atom stereocenters. The molecule has 0 bridgehead atoms. The number of nitrogens with one attached hydrogen (secondary N) is 2. The third-order valence-electron chi connectivity index (χ3n) is 3.79. The number of rotatable bonds is 3. The number of aromatic nitrogens is 3. The minimum atomic E-state index is -0.256. The van der Waals surface area contributed by atoms with Gasteiger partial charge in [0.2, 0.25) is 5.91 Å². The molecule has 0 aliphatic carbocycles. The van der Waals surface area contributed by atoms with Gasteiger partial charge in [0.15, 0.2) is 0 Å². The highest BCUT2D eigenvalue weighted by Gasteiger charge is 2.29. The van der Waals surface area contributed by atoms with Crippen molar-refractivity contribution in [2.24, 2.45) is 5.92 Å². The summed E-state index contributed by atoms with van der Waals surface area (Å²) in [5.41, 5.74) is 0.436. The number of likely N-dealkylation sites (tertiary alicyclic amines) is 1. The SMILES string of the molecule is O=C(Nc1ccc(Cl)cn1)[C@@H]1CCCN(C(=O)c2ccn[nH]2)C1. The van der Waals surface area contributed by atoms with Gasteiger partial charge in [-0.2, -0.15) is 5.10 Å². The van der Waals surface area contributed by atoms with Gasteiger partial charge in [-0.3, -0.25) is 14.7 Å². The monoisotopic (exact) mass is 333 g/mol. The summed E-state index contributed by atoms with van der Waals surface area (Å²) in [6.07, 6.45) is 4.54. The van der Waals surface area contributed by atoms with Crippen LogP contribution in [0.4, 0.5) is 5.82 Å². The molecule has 120 valence electrons. The topological polar surface area (TPSA) is 91.0 Å². The second-order valence-electron chi connectivity index (χ2n) is 5.41. The number of pyridine rings is 1. The van der Waals surface area contributed by atoms with Crippen LogP contribution < -0.4 is 5.32 Å². The average molecular weight is 334 g/mol. The first-order chi connectivity index (χ1) is 11.1. The van der Waals surface area contributed by atoms with Crippen molar-refractivity contribution in [3.63, 3.8) is 0 Å². The van der Waals surface area contributed by atoms with Gasteiger partial charge in [-0.15, -0.1) is 0 Å². The van der Waals surface area contributed by atoms with Crippen molar-refractivity contribution in [1.29, 1.82) is 0 Å². The van der Waals surface area contributed by atoms with E-state index in [0.717, 1.165) is 12.8 Å². The first-order valence-electron chi connectivity index (χ1n) is 7.34. The maximum absolute atomic E-state index is 12.4. The van der Waals surface area contributed by atoms with E-state index in [1.54, 1.807) is 23.1 Å². The number of halogens is 1. The molecule has 2 aromatic rings. The molecule has 1 atom stereocenters. The molecule has 1 aliphatic rings. The summed E-state index contributed by atoms with van der Waals surface area (Å²) in [7, 11) is 0. The van der Waals surface area contributed by atoms with E-state index in [-0.39, 0.29) is 17.7 Å². The summed E-state index contributed by atoms with van der Waals surface area (Å²) in [4.78, 5) is 30.4. The Balaban J connectivity index is 1.62. The van der Waals surface area contributed by atoms with Gasteiger partial charge >= 0.3 is 0 Å². The Morgan fingerprint density at radius 2 is 2.22 bits per heavy atom. The van der Waals surface area contributed by atoms with Gasteiger partial charge in [0.25, 0.3) is 5.91 Å². The molecule has 2 amide bonds. The van der Waals surface area contributed by atoms with Crippen molar-refractivity contribution in [2.75, 3.05) is 18.4 Å². The number of nitrogens with zero attached hydrogens (tertiary/aromatic N) is 3. The molecule has 1 aliphatic heterocycles. The minimum Gasteiger partial charge on any atom is -0.337 e. The van der Waals surface area contributed by atoms with Crippen molar-refractivity contribution in [1.82, 2.24) is 20.1 Å². The molecule has 0 aromatic carbocycles. The van der Waals surface area contributed by atoms with E-state index in [1.165, 1.54) is 12.4 Å². The molecule has 3 heterocycles. The molecule has 0 saturated carbocycles. The summed E-state index contributed by atoms with van der Waals surface area (Å²) < 4.78 is 0. The van der Waals surface area contributed by atoms with E-state index >= 15 is 0 Å². The maximum atomic E-state index is 12.4. The zero-order valence-electron chi connectivity index (χ0n) is 12.3. The Morgan fingerprint density at radius 3 is 2.91 bits per heavy atom. The van der Waals surface area contributed by atoms with E-state index in [4.69, 9.17) is 11.6 Å². The molecule has 3 rings (SSSR count). The molecule has 1 saturated heterocycles. The highest BCUT2D eigenvalue weighted by atomic mass is 35.5. The highest BCUT2D eigenvalue weighted by Crippen LogP contribution is 2.20. The molecule has 2 aromatic heterocycles. The number of H-pyrrole nitrogens is 1. The fraction of sp³-hybridized carbons (Fsp3) is 0.333. The zero-order valence-corrected chi connectivity index (χ0v) is 13.1. The summed E-state index contributed by atoms with van der Waals surface area (Å²) in [5.74, 6) is -0.0731. The van der Waals surface area contributed by atoms with E-state index in [9.17, 15) is 9.59 Å². The van der Waals surface area contributed by atoms with Gasteiger partial charge in [-0.05, 0) is 31.0 Å². The zero-order chi connectivity index (χ0) is 16.2. The summed E-state index contributed by atoms with van der Waals surface area (Å²) in [6, 6.07) is 4.94. The number of aromatic amines is 1. The third kappa shape index (κ3) is 3.68. The number of hydrogen-bond acceptors (Lipinski definition) is 4. The van der Waals surface area contributed by atoms with E-state index in [1.807, 2.05) is 0 Å². The number of hydrogen-bond donors (Lipinski definition) is 2. The molecular weight excluding hydrogens is 318 g/mol. The molecule has 1 fully saturated rings. The fourth-order valence-electron chi connectivity index (χ4n) is 2.60. The van der Waals surface area contributed by atoms with Crippen LogP contribution in [0.15, 0.2) is 30.6 Å². The van der Waals surface area contributed by atoms with Gasteiger partial charge in [-0.25, -0.2) is 4.98 Å². The van der Waals surface area contributed by atoms with Crippen LogP contribution in [-0.4, -0.2) is 45.0 Å². The van der Waals surface area contributed by atoms with E-state index < -0.39 is 0 Å². The Labute approximate surface area is 138 Å². The van der Waals surface area contributed by atoms with Crippen LogP contribution in [-0.2, 0) is 4.79 Å². The molecule has 2 N–H and O–H groups in total. The van der Waals surface area contributed by atoms with Crippen LogP contribution in [0.3, 0.4) is 0 Å². The molecule has 0 spiro atoms. The smallest absolute Gasteiger partial charge is 0.271 e. The number of carbonyl (C=O) groups excluding carboxylic acids is 2. The standard InChI is InChI=1S/C15H16ClN5O2/c16-11-3-4-13(17-8-11)19-14(22)10-2-1-7-21(9-10)15(23)12-5-6-18-20-12/h3-6,8,10H,1-2,7,9H2,(H,18,20)(H,17,19,22)/t10-/m1/s1. The lowest BCUT2D eigenvalue weighted by atomic mass is 9.97. The van der Waals surface area contributed by atoms with E-state index in [2.05, 4.69) is 20.5 Å². The van der Waals surface area contributed by atoms with Crippen molar-refractivity contribution in [2.45, 2.75) is 12.8 Å². The minimum absolute atomic E-state index is 0.135. The molecule has 0 radical (unpaired) electrons. The van der Waals surface area contributed by atoms with Crippen LogP contribution in [0, 0.1) is 5.92 Å². The Hall–Kier alpha value is -2.41. The predicted octanol–water partition coefficient (Wildman–Crippen LogP) is 1.95. The Kier molecular flexibility index (Phi) is 4.57. The number of carbonyl (C=O) groups is 2. The number of anilines is 1. The maximum Gasteiger partial charge on any atom is 0.271 e. The lowest BCUT2D eigenvalue weighted by Crippen LogP contribution is -2.44. The lowest BCUT2D eigenvalue weighted by Gasteiger charge is -2.31. The van der Waals surface area contributed by atoms with Gasteiger partial charge in [-0.1, -0.05) is 11.6 Å². The number of amides is 2. The van der Waals surface area contributed by atoms with Crippen LogP contribution in [0.1, 0.15) is 23.3 Å². The van der Waals surface area contributed by atoms with Crippen LogP contribution >= 0.6 is 11.6 Å². The van der Waals surface area contributed by atoms with E-state index in [0.29, 0.717) is 29.6 Å². The Bertz CT molecular complexity index is 686. The predicted molar refractivity (Wildman–Crippen MR) is 85.1 cm³/mol. The van der Waals surface area contributed by atoms with Gasteiger partial charge in [0.1, 0.15) is 11.5 Å². The summed E-state index contributed by atoms with van der Waals surface area (Å²) in [5, 5.41) is 9.72. The van der Waals surface area contributed by atoms with Crippen molar-refractivity contribution < 1.29 is 9.59 Å². The summed E-state index contributed by atoms with van der Waals surface area (Å²) >= 11 is 5.77. The van der Waals surface area contributed by atoms with Crippen LogP contribution in [0.2, 0.25) is 5.02 Å². The lowest BCUT2D eigenvalue weighted by molar-refractivity contribution is -0.121. The third-order valence-corrected chi connectivity index (χ3v) is 4.01. The van der Waals surface area contributed by atoms with Crippen LogP contribution in [0.5, 0.6) is 0 Å². The van der Waals surface area contributed by atoms with Crippen LogP contribution in [0.25, 0.3) is 0 Å². The molecule has 8 heteroatoms. The average Bonchev–Trinajstić information content (AvgIpc) is 3.11. The largest absolute Gasteiger partial charge is 0.337 e. The Morgan fingerprint density at radius 1 is 1.35 bits per heavy atom. The molecular formula is C15H16ClN5O2. The van der Waals surface area contributed by atoms with Gasteiger partial charge < -0.3 is 10.2 Å².